The molecule has 2 aliphatic rings. The molecule has 126 valence electrons. The molecule has 0 aromatic carbocycles. The van der Waals surface area contributed by atoms with Crippen LogP contribution in [0.2, 0.25) is 0 Å². The van der Waals surface area contributed by atoms with Crippen LogP contribution in [0.1, 0.15) is 30.1 Å². The summed E-state index contributed by atoms with van der Waals surface area (Å²) in [5.74, 6) is 0.463. The summed E-state index contributed by atoms with van der Waals surface area (Å²) < 4.78 is 18.9. The maximum atomic E-state index is 13.4. The number of nitrogens with zero attached hydrogens (tertiary/aromatic N) is 1. The van der Waals surface area contributed by atoms with Gasteiger partial charge in [-0.2, -0.15) is 0 Å². The van der Waals surface area contributed by atoms with Gasteiger partial charge in [0.2, 0.25) is 6.29 Å². The number of H-pyrrole nitrogens is 1. The zero-order valence-corrected chi connectivity index (χ0v) is 13.7. The quantitative estimate of drug-likeness (QED) is 0.772. The zero-order chi connectivity index (χ0) is 16.8. The zero-order valence-electron chi connectivity index (χ0n) is 12.9. The van der Waals surface area contributed by atoms with Gasteiger partial charge < -0.3 is 20.1 Å². The fourth-order valence-electron chi connectivity index (χ4n) is 2.98. The van der Waals surface area contributed by atoms with E-state index in [9.17, 15) is 14.3 Å². The molecule has 2 aromatic heterocycles. The number of alkyl halides is 1. The summed E-state index contributed by atoms with van der Waals surface area (Å²) in [7, 11) is 0. The van der Waals surface area contributed by atoms with Crippen LogP contribution < -0.4 is 10.9 Å². The molecule has 1 unspecified atom stereocenters. The van der Waals surface area contributed by atoms with Crippen molar-refractivity contribution in [3.8, 4) is 0 Å². The van der Waals surface area contributed by atoms with Gasteiger partial charge in [0.1, 0.15) is 16.7 Å². The van der Waals surface area contributed by atoms with Gasteiger partial charge in [0.15, 0.2) is 0 Å². The predicted octanol–water partition coefficient (Wildman–Crippen LogP) is 1.99. The molecule has 3 N–H and O–H groups in total. The lowest BCUT2D eigenvalue weighted by atomic mass is 10.1. The average molecular weight is 349 g/mol. The lowest BCUT2D eigenvalue weighted by molar-refractivity contribution is -0.0134. The van der Waals surface area contributed by atoms with Crippen molar-refractivity contribution in [3.05, 3.63) is 45.0 Å². The molecule has 0 amide bonds. The Labute approximate surface area is 140 Å². The van der Waals surface area contributed by atoms with Crippen molar-refractivity contribution in [2.24, 2.45) is 0 Å². The highest BCUT2D eigenvalue weighted by atomic mass is 32.1. The molecule has 0 saturated carbocycles. The van der Waals surface area contributed by atoms with Crippen molar-refractivity contribution in [2.45, 2.75) is 31.8 Å². The smallest absolute Gasteiger partial charge is 0.268 e. The molecule has 0 spiro atoms. The molecule has 24 heavy (non-hydrogen) atoms. The van der Waals surface area contributed by atoms with E-state index in [0.717, 1.165) is 16.0 Å². The third-order valence-electron chi connectivity index (χ3n) is 4.19. The van der Waals surface area contributed by atoms with Crippen molar-refractivity contribution >= 4 is 27.1 Å². The van der Waals surface area contributed by atoms with Gasteiger partial charge in [0, 0.05) is 17.8 Å². The standard InChI is InChI=1S/C16H16FN3O3S/c1-7-6-23-13(21)3-9(7)12-4-10-14(24-12)16(22)20-15(19-10)11-2-8(17)5-18-11/h3-4,6,8,11,13,18,21H,2,5H2,1H3,(H,19,20,22)/t8-,11+,13?/m1/s1. The molecular weight excluding hydrogens is 333 g/mol. The van der Waals surface area contributed by atoms with Crippen LogP contribution in [0, 0.1) is 0 Å². The Morgan fingerprint density at radius 1 is 1.50 bits per heavy atom. The van der Waals surface area contributed by atoms with E-state index in [0.29, 0.717) is 22.5 Å². The number of aromatic amines is 1. The van der Waals surface area contributed by atoms with Crippen LogP contribution in [0.4, 0.5) is 4.39 Å². The number of hydrogen-bond acceptors (Lipinski definition) is 6. The predicted molar refractivity (Wildman–Crippen MR) is 89.3 cm³/mol. The maximum absolute atomic E-state index is 13.4. The number of rotatable bonds is 2. The van der Waals surface area contributed by atoms with Crippen molar-refractivity contribution in [1.29, 1.82) is 0 Å². The Bertz CT molecular complexity index is 917. The SMILES string of the molecule is CC1=COC(O)C=C1c1cc2nc([C@@H]3C[C@@H](F)CN3)[nH]c(=O)c2s1. The van der Waals surface area contributed by atoms with E-state index in [1.54, 1.807) is 6.08 Å². The van der Waals surface area contributed by atoms with Crippen LogP contribution in [0.25, 0.3) is 15.8 Å². The van der Waals surface area contributed by atoms with Gasteiger partial charge in [-0.05, 0) is 30.2 Å². The van der Waals surface area contributed by atoms with Crippen LogP contribution in [0.15, 0.2) is 28.8 Å². The Hall–Kier alpha value is -2.03. The lowest BCUT2D eigenvalue weighted by Crippen LogP contribution is -2.20. The second-order valence-corrected chi connectivity index (χ2v) is 7.03. The van der Waals surface area contributed by atoms with Crippen LogP contribution in [0.3, 0.4) is 0 Å². The van der Waals surface area contributed by atoms with Gasteiger partial charge in [0.25, 0.3) is 5.56 Å². The number of aliphatic hydroxyl groups is 1. The van der Waals surface area contributed by atoms with Crippen LogP contribution in [-0.4, -0.2) is 34.1 Å². The summed E-state index contributed by atoms with van der Waals surface area (Å²) in [6.07, 6.45) is 1.48. The van der Waals surface area contributed by atoms with Gasteiger partial charge in [-0.15, -0.1) is 11.3 Å². The Morgan fingerprint density at radius 2 is 2.33 bits per heavy atom. The van der Waals surface area contributed by atoms with E-state index in [-0.39, 0.29) is 18.1 Å². The summed E-state index contributed by atoms with van der Waals surface area (Å²) in [6, 6.07) is 1.55. The van der Waals surface area contributed by atoms with Gasteiger partial charge in [0.05, 0.1) is 17.8 Å². The second kappa shape index (κ2) is 5.80. The number of aromatic nitrogens is 2. The molecule has 2 aromatic rings. The first kappa shape index (κ1) is 15.5. The number of nitrogens with one attached hydrogen (secondary N) is 2. The molecule has 0 bridgehead atoms. The molecule has 4 rings (SSSR count). The van der Waals surface area contributed by atoms with Crippen molar-refractivity contribution in [1.82, 2.24) is 15.3 Å². The minimum atomic E-state index is -1.00. The van der Waals surface area contributed by atoms with E-state index in [1.165, 1.54) is 17.6 Å². The number of allylic oxidation sites excluding steroid dienone is 2. The summed E-state index contributed by atoms with van der Waals surface area (Å²) in [6.45, 7) is 2.14. The number of hydrogen-bond donors (Lipinski definition) is 3. The van der Waals surface area contributed by atoms with E-state index in [1.807, 2.05) is 13.0 Å². The highest BCUT2D eigenvalue weighted by Gasteiger charge is 2.27. The molecule has 4 heterocycles. The number of aliphatic hydroxyl groups excluding tert-OH is 1. The first-order valence-corrected chi connectivity index (χ1v) is 8.47. The Kier molecular flexibility index (Phi) is 3.75. The topological polar surface area (TPSA) is 87.2 Å². The van der Waals surface area contributed by atoms with Gasteiger partial charge >= 0.3 is 0 Å². The van der Waals surface area contributed by atoms with E-state index in [2.05, 4.69) is 15.3 Å². The van der Waals surface area contributed by atoms with Crippen molar-refractivity contribution in [2.75, 3.05) is 6.54 Å². The fourth-order valence-corrected chi connectivity index (χ4v) is 4.06. The number of thiophene rings is 1. The van der Waals surface area contributed by atoms with E-state index < -0.39 is 12.5 Å². The molecule has 0 aliphatic carbocycles. The first-order valence-electron chi connectivity index (χ1n) is 7.65. The largest absolute Gasteiger partial charge is 0.469 e. The summed E-state index contributed by atoms with van der Waals surface area (Å²) in [5.41, 5.74) is 2.03. The molecule has 2 aliphatic heterocycles. The third kappa shape index (κ3) is 2.66. The van der Waals surface area contributed by atoms with Gasteiger partial charge in [-0.1, -0.05) is 0 Å². The lowest BCUT2D eigenvalue weighted by Gasteiger charge is -2.16. The average Bonchev–Trinajstić information content (AvgIpc) is 3.16. The first-order chi connectivity index (χ1) is 11.5. The van der Waals surface area contributed by atoms with Gasteiger partial charge in [-0.3, -0.25) is 4.79 Å². The Morgan fingerprint density at radius 3 is 3.08 bits per heavy atom. The van der Waals surface area contributed by atoms with E-state index >= 15 is 0 Å². The van der Waals surface area contributed by atoms with Crippen LogP contribution >= 0.6 is 11.3 Å². The number of ether oxygens (including phenoxy) is 1. The maximum Gasteiger partial charge on any atom is 0.268 e. The second-order valence-electron chi connectivity index (χ2n) is 5.98. The van der Waals surface area contributed by atoms with E-state index in [4.69, 9.17) is 4.74 Å². The Balaban J connectivity index is 1.77. The van der Waals surface area contributed by atoms with Crippen LogP contribution in [0.5, 0.6) is 0 Å². The number of halogens is 1. The molecule has 1 fully saturated rings. The van der Waals surface area contributed by atoms with Crippen LogP contribution in [-0.2, 0) is 4.74 Å². The van der Waals surface area contributed by atoms with Gasteiger partial charge in [-0.25, -0.2) is 9.37 Å². The van der Waals surface area contributed by atoms with Crippen molar-refractivity contribution in [3.63, 3.8) is 0 Å². The molecule has 8 heteroatoms. The molecule has 0 radical (unpaired) electrons. The highest BCUT2D eigenvalue weighted by Crippen LogP contribution is 2.34. The molecule has 1 saturated heterocycles. The summed E-state index contributed by atoms with van der Waals surface area (Å²) in [5, 5.41) is 12.7. The minimum Gasteiger partial charge on any atom is -0.469 e. The minimum absolute atomic E-state index is 0.231. The molecule has 6 nitrogen and oxygen atoms in total. The summed E-state index contributed by atoms with van der Waals surface area (Å²) in [4.78, 5) is 20.5. The number of fused-ring (bicyclic) bond motifs is 1. The summed E-state index contributed by atoms with van der Waals surface area (Å²) >= 11 is 1.31. The highest BCUT2D eigenvalue weighted by molar-refractivity contribution is 7.20. The molecular formula is C16H16FN3O3S. The molecule has 3 atom stereocenters. The third-order valence-corrected chi connectivity index (χ3v) is 5.35. The van der Waals surface area contributed by atoms with Crippen molar-refractivity contribution < 1.29 is 14.2 Å². The normalized spacial score (nSPS) is 27.0. The monoisotopic (exact) mass is 349 g/mol. The fraction of sp³-hybridized carbons (Fsp3) is 0.375.